The van der Waals surface area contributed by atoms with E-state index in [0.717, 1.165) is 18.4 Å². The molecule has 0 aromatic carbocycles. The molecule has 1 saturated carbocycles. The van der Waals surface area contributed by atoms with E-state index in [1.165, 1.54) is 25.7 Å². The number of hydrogen-bond donors (Lipinski definition) is 0. The summed E-state index contributed by atoms with van der Waals surface area (Å²) in [6.07, 6.45) is 10.2. The zero-order chi connectivity index (χ0) is 9.80. The highest BCUT2D eigenvalue weighted by molar-refractivity contribution is 5.97. The average molecular weight is 192 g/mol. The van der Waals surface area contributed by atoms with E-state index in [1.807, 2.05) is 0 Å². The first-order valence-electron chi connectivity index (χ1n) is 5.44. The Bertz CT molecular complexity index is 279. The second-order valence-electron chi connectivity index (χ2n) is 4.06. The van der Waals surface area contributed by atoms with Crippen molar-refractivity contribution in [3.63, 3.8) is 0 Å². The zero-order valence-electron chi connectivity index (χ0n) is 8.37. The summed E-state index contributed by atoms with van der Waals surface area (Å²) in [4.78, 5) is 12.0. The molecule has 0 atom stereocenters. The number of furan rings is 1. The Labute approximate surface area is 84.3 Å². The topological polar surface area (TPSA) is 30.2 Å². The summed E-state index contributed by atoms with van der Waals surface area (Å²) in [5.74, 6) is 0.524. The van der Waals surface area contributed by atoms with Gasteiger partial charge < -0.3 is 4.42 Å². The monoisotopic (exact) mass is 192 g/mol. The van der Waals surface area contributed by atoms with Crippen LogP contribution in [-0.4, -0.2) is 5.78 Å². The number of carbonyl (C=O) groups is 1. The molecule has 0 spiro atoms. The second kappa shape index (κ2) is 4.45. The minimum absolute atomic E-state index is 0.245. The lowest BCUT2D eigenvalue weighted by Gasteiger charge is -2.10. The molecule has 1 heterocycles. The van der Waals surface area contributed by atoms with Crippen LogP contribution in [-0.2, 0) is 0 Å². The molecule has 2 nitrogen and oxygen atoms in total. The van der Waals surface area contributed by atoms with E-state index in [0.29, 0.717) is 0 Å². The zero-order valence-corrected chi connectivity index (χ0v) is 8.37. The van der Waals surface area contributed by atoms with Crippen LogP contribution in [0.4, 0.5) is 0 Å². The Balaban J connectivity index is 2.03. The second-order valence-corrected chi connectivity index (χ2v) is 4.06. The molecule has 1 aliphatic carbocycles. The summed E-state index contributed by atoms with van der Waals surface area (Å²) in [6.45, 7) is 0. The van der Waals surface area contributed by atoms with Gasteiger partial charge in [-0.15, -0.1) is 0 Å². The van der Waals surface area contributed by atoms with Gasteiger partial charge in [0.1, 0.15) is 6.26 Å². The van der Waals surface area contributed by atoms with Crippen molar-refractivity contribution in [2.24, 2.45) is 5.92 Å². The van der Waals surface area contributed by atoms with E-state index < -0.39 is 0 Å². The summed E-state index contributed by atoms with van der Waals surface area (Å²) in [5, 5.41) is 0. The molecular formula is C12H16O2. The van der Waals surface area contributed by atoms with Gasteiger partial charge in [-0.25, -0.2) is 0 Å². The van der Waals surface area contributed by atoms with E-state index in [4.69, 9.17) is 4.42 Å². The van der Waals surface area contributed by atoms with Gasteiger partial charge in [0.2, 0.25) is 0 Å². The first-order chi connectivity index (χ1) is 6.88. The molecule has 2 rings (SSSR count). The normalized spacial score (nSPS) is 19.1. The fourth-order valence-corrected chi connectivity index (χ4v) is 2.18. The standard InChI is InChI=1S/C12H16O2/c13-12(11-7-8-14-9-11)10-5-3-1-2-4-6-10/h7-10H,1-6H2. The summed E-state index contributed by atoms with van der Waals surface area (Å²) in [5.41, 5.74) is 0.747. The summed E-state index contributed by atoms with van der Waals surface area (Å²) in [7, 11) is 0. The van der Waals surface area contributed by atoms with Gasteiger partial charge in [0.15, 0.2) is 5.78 Å². The molecule has 1 aromatic heterocycles. The minimum Gasteiger partial charge on any atom is -0.472 e. The molecule has 14 heavy (non-hydrogen) atoms. The molecule has 0 N–H and O–H groups in total. The molecule has 0 aliphatic heterocycles. The van der Waals surface area contributed by atoms with E-state index in [2.05, 4.69) is 0 Å². The number of rotatable bonds is 2. The highest BCUT2D eigenvalue weighted by Gasteiger charge is 2.21. The maximum Gasteiger partial charge on any atom is 0.169 e. The number of carbonyl (C=O) groups excluding carboxylic acids is 1. The third-order valence-electron chi connectivity index (χ3n) is 3.03. The lowest BCUT2D eigenvalue weighted by molar-refractivity contribution is 0.0907. The van der Waals surface area contributed by atoms with Gasteiger partial charge in [0, 0.05) is 5.92 Å². The van der Waals surface area contributed by atoms with Crippen LogP contribution in [0.3, 0.4) is 0 Å². The summed E-state index contributed by atoms with van der Waals surface area (Å²) in [6, 6.07) is 1.77. The maximum absolute atomic E-state index is 12.0. The van der Waals surface area contributed by atoms with E-state index in [1.54, 1.807) is 18.6 Å². The number of hydrogen-bond acceptors (Lipinski definition) is 2. The van der Waals surface area contributed by atoms with Crippen LogP contribution in [0, 0.1) is 5.92 Å². The Morgan fingerprint density at radius 3 is 2.50 bits per heavy atom. The molecule has 76 valence electrons. The summed E-state index contributed by atoms with van der Waals surface area (Å²) >= 11 is 0. The van der Waals surface area contributed by atoms with Gasteiger partial charge in [-0.05, 0) is 18.9 Å². The van der Waals surface area contributed by atoms with Gasteiger partial charge in [0.25, 0.3) is 0 Å². The van der Waals surface area contributed by atoms with Gasteiger partial charge in [-0.2, -0.15) is 0 Å². The third-order valence-corrected chi connectivity index (χ3v) is 3.03. The van der Waals surface area contributed by atoms with Crippen LogP contribution < -0.4 is 0 Å². The Hall–Kier alpha value is -1.05. The first-order valence-corrected chi connectivity index (χ1v) is 5.44. The average Bonchev–Trinajstić information content (AvgIpc) is 2.59. The van der Waals surface area contributed by atoms with Crippen LogP contribution in [0.25, 0.3) is 0 Å². The van der Waals surface area contributed by atoms with Crippen molar-refractivity contribution in [2.45, 2.75) is 38.5 Å². The van der Waals surface area contributed by atoms with Crippen molar-refractivity contribution in [3.8, 4) is 0 Å². The largest absolute Gasteiger partial charge is 0.472 e. The first kappa shape index (κ1) is 9.50. The molecule has 0 unspecified atom stereocenters. The molecular weight excluding hydrogens is 176 g/mol. The van der Waals surface area contributed by atoms with Crippen molar-refractivity contribution < 1.29 is 9.21 Å². The minimum atomic E-state index is 0.245. The fraction of sp³-hybridized carbons (Fsp3) is 0.583. The highest BCUT2D eigenvalue weighted by atomic mass is 16.3. The Morgan fingerprint density at radius 1 is 1.21 bits per heavy atom. The smallest absolute Gasteiger partial charge is 0.169 e. The SMILES string of the molecule is O=C(c1ccoc1)C1CCCCCC1. The van der Waals surface area contributed by atoms with Crippen molar-refractivity contribution >= 4 is 5.78 Å². The maximum atomic E-state index is 12.0. The van der Waals surface area contributed by atoms with Crippen LogP contribution >= 0.6 is 0 Å². The lowest BCUT2D eigenvalue weighted by Crippen LogP contribution is -2.13. The van der Waals surface area contributed by atoms with E-state index in [9.17, 15) is 4.79 Å². The van der Waals surface area contributed by atoms with Gasteiger partial charge in [-0.3, -0.25) is 4.79 Å². The third kappa shape index (κ3) is 2.06. The quantitative estimate of drug-likeness (QED) is 0.530. The molecule has 1 fully saturated rings. The summed E-state index contributed by atoms with van der Waals surface area (Å²) < 4.78 is 4.94. The van der Waals surface area contributed by atoms with E-state index in [-0.39, 0.29) is 11.7 Å². The van der Waals surface area contributed by atoms with Gasteiger partial charge in [0.05, 0.1) is 11.8 Å². The lowest BCUT2D eigenvalue weighted by atomic mass is 9.92. The van der Waals surface area contributed by atoms with Crippen molar-refractivity contribution in [1.82, 2.24) is 0 Å². The molecule has 2 heteroatoms. The van der Waals surface area contributed by atoms with Crippen LogP contribution in [0.15, 0.2) is 23.0 Å². The van der Waals surface area contributed by atoms with Gasteiger partial charge in [-0.1, -0.05) is 25.7 Å². The molecule has 0 radical (unpaired) electrons. The van der Waals surface area contributed by atoms with Crippen molar-refractivity contribution in [2.75, 3.05) is 0 Å². The van der Waals surface area contributed by atoms with Crippen molar-refractivity contribution in [1.29, 1.82) is 0 Å². The molecule has 0 bridgehead atoms. The number of ketones is 1. The molecule has 1 aliphatic rings. The predicted octanol–water partition coefficient (Wildman–Crippen LogP) is 3.43. The number of Topliss-reactive ketones (excluding diaryl/α,β-unsaturated/α-hetero) is 1. The molecule has 1 aromatic rings. The van der Waals surface area contributed by atoms with Crippen molar-refractivity contribution in [3.05, 3.63) is 24.2 Å². The Kier molecular flexibility index (Phi) is 3.02. The van der Waals surface area contributed by atoms with E-state index >= 15 is 0 Å². The van der Waals surface area contributed by atoms with Crippen LogP contribution in [0.2, 0.25) is 0 Å². The Morgan fingerprint density at radius 2 is 1.93 bits per heavy atom. The van der Waals surface area contributed by atoms with Crippen LogP contribution in [0.1, 0.15) is 48.9 Å². The highest BCUT2D eigenvalue weighted by Crippen LogP contribution is 2.26. The fourth-order valence-electron chi connectivity index (χ4n) is 2.18. The molecule has 0 amide bonds. The molecule has 0 saturated heterocycles. The predicted molar refractivity (Wildman–Crippen MR) is 54.2 cm³/mol. The van der Waals surface area contributed by atoms with Crippen LogP contribution in [0.5, 0.6) is 0 Å². The van der Waals surface area contributed by atoms with Gasteiger partial charge >= 0.3 is 0 Å².